The molecule has 0 aliphatic carbocycles. The molecular weight excluding hydrogens is 308 g/mol. The zero-order valence-corrected chi connectivity index (χ0v) is 13.4. The van der Waals surface area contributed by atoms with Crippen LogP contribution >= 0.6 is 11.6 Å². The molecule has 0 unspecified atom stereocenters. The summed E-state index contributed by atoms with van der Waals surface area (Å²) < 4.78 is 26.9. The van der Waals surface area contributed by atoms with Gasteiger partial charge in [0.05, 0.1) is 0 Å². The Hall–Kier alpha value is -1.43. The fraction of sp³-hybridized carbons (Fsp3) is 0.267. The number of sulfonamides is 1. The van der Waals surface area contributed by atoms with E-state index in [9.17, 15) is 8.42 Å². The summed E-state index contributed by atoms with van der Waals surface area (Å²) in [4.78, 5) is 3.77. The van der Waals surface area contributed by atoms with Crippen molar-refractivity contribution in [2.24, 2.45) is 0 Å². The number of hydrogen-bond acceptors (Lipinski definition) is 3. The number of benzene rings is 1. The fourth-order valence-corrected chi connectivity index (χ4v) is 3.32. The second-order valence-electron chi connectivity index (χ2n) is 5.01. The molecule has 112 valence electrons. The zero-order chi connectivity index (χ0) is 15.5. The van der Waals surface area contributed by atoms with Gasteiger partial charge in [0.2, 0.25) is 10.0 Å². The van der Waals surface area contributed by atoms with E-state index in [1.165, 1.54) is 23.9 Å². The smallest absolute Gasteiger partial charge is 0.243 e. The molecule has 0 aliphatic heterocycles. The maximum absolute atomic E-state index is 12.2. The van der Waals surface area contributed by atoms with Crippen LogP contribution in [0.4, 0.5) is 0 Å². The Labute approximate surface area is 130 Å². The fourth-order valence-electron chi connectivity index (χ4n) is 1.85. The molecule has 4 nitrogen and oxygen atoms in total. The van der Waals surface area contributed by atoms with Crippen LogP contribution in [0.5, 0.6) is 0 Å². The molecule has 0 fully saturated rings. The number of halogens is 1. The Bertz CT molecular complexity index is 713. The van der Waals surface area contributed by atoms with E-state index >= 15 is 0 Å². The molecule has 21 heavy (non-hydrogen) atoms. The number of nitrogens with zero attached hydrogens (tertiary/aromatic N) is 1. The van der Waals surface area contributed by atoms with Gasteiger partial charge >= 0.3 is 0 Å². The quantitative estimate of drug-likeness (QED) is 0.858. The maximum atomic E-state index is 12.2. The van der Waals surface area contributed by atoms with Gasteiger partial charge in [-0.05, 0) is 29.2 Å². The first-order valence-corrected chi connectivity index (χ1v) is 8.45. The van der Waals surface area contributed by atoms with Gasteiger partial charge in [0.1, 0.15) is 10.0 Å². The van der Waals surface area contributed by atoms with Crippen molar-refractivity contribution in [2.45, 2.75) is 31.2 Å². The summed E-state index contributed by atoms with van der Waals surface area (Å²) in [6.45, 7) is 4.44. The molecule has 1 aromatic heterocycles. The Balaban J connectivity index is 2.10. The van der Waals surface area contributed by atoms with Gasteiger partial charge in [-0.3, -0.25) is 0 Å². The first-order chi connectivity index (χ1) is 9.90. The minimum atomic E-state index is -3.66. The molecule has 1 N–H and O–H groups in total. The molecule has 0 amide bonds. The molecule has 0 aliphatic rings. The summed E-state index contributed by atoms with van der Waals surface area (Å²) >= 11 is 5.82. The van der Waals surface area contributed by atoms with Crippen LogP contribution in [0, 0.1) is 0 Å². The van der Waals surface area contributed by atoms with Crippen LogP contribution in [-0.2, 0) is 16.6 Å². The highest BCUT2D eigenvalue weighted by Crippen LogP contribution is 2.18. The van der Waals surface area contributed by atoms with Crippen LogP contribution in [0.1, 0.15) is 30.9 Å². The third-order valence-corrected chi connectivity index (χ3v) is 4.97. The van der Waals surface area contributed by atoms with Crippen molar-refractivity contribution in [1.29, 1.82) is 0 Å². The summed E-state index contributed by atoms with van der Waals surface area (Å²) in [5.41, 5.74) is 2.11. The predicted octanol–water partition coefficient (Wildman–Crippen LogP) is 3.34. The number of nitrogens with one attached hydrogen (secondary N) is 1. The van der Waals surface area contributed by atoms with Crippen molar-refractivity contribution in [3.63, 3.8) is 0 Å². The molecule has 6 heteroatoms. The molecule has 1 aromatic carbocycles. The first kappa shape index (κ1) is 15.9. The summed E-state index contributed by atoms with van der Waals surface area (Å²) in [5, 5.41) is -0.0276. The average molecular weight is 325 g/mol. The molecule has 0 atom stereocenters. The molecule has 0 saturated heterocycles. The molecule has 1 heterocycles. The highest BCUT2D eigenvalue weighted by molar-refractivity contribution is 7.89. The Kier molecular flexibility index (Phi) is 4.98. The summed E-state index contributed by atoms with van der Waals surface area (Å²) in [6.07, 6.45) is 1.45. The monoisotopic (exact) mass is 324 g/mol. The van der Waals surface area contributed by atoms with Crippen molar-refractivity contribution in [1.82, 2.24) is 9.71 Å². The minimum absolute atomic E-state index is 0.00883. The van der Waals surface area contributed by atoms with Crippen LogP contribution in [0.15, 0.2) is 47.5 Å². The normalized spacial score (nSPS) is 11.8. The molecule has 0 radical (unpaired) electrons. The lowest BCUT2D eigenvalue weighted by molar-refractivity contribution is 0.581. The van der Waals surface area contributed by atoms with E-state index in [0.717, 1.165) is 5.56 Å². The second kappa shape index (κ2) is 6.56. The minimum Gasteiger partial charge on any atom is -0.243 e. The van der Waals surface area contributed by atoms with Gasteiger partial charge in [0.25, 0.3) is 0 Å². The lowest BCUT2D eigenvalue weighted by atomic mass is 10.0. The maximum Gasteiger partial charge on any atom is 0.243 e. The number of pyridine rings is 1. The van der Waals surface area contributed by atoms with Crippen LogP contribution in [0.2, 0.25) is 5.15 Å². The highest BCUT2D eigenvalue weighted by Gasteiger charge is 2.17. The molecular formula is C15H17ClN2O2S. The third kappa shape index (κ3) is 4.03. The standard InChI is InChI=1S/C15H17ClN2O2S/c1-11(2)13-7-5-12(6-8-13)10-18-21(19,20)14-4-3-9-17-15(14)16/h3-9,11,18H,10H2,1-2H3. The van der Waals surface area contributed by atoms with Gasteiger partial charge in [-0.15, -0.1) is 0 Å². The highest BCUT2D eigenvalue weighted by atomic mass is 35.5. The summed E-state index contributed by atoms with van der Waals surface area (Å²) in [7, 11) is -3.66. The largest absolute Gasteiger partial charge is 0.243 e. The predicted molar refractivity (Wildman–Crippen MR) is 83.8 cm³/mol. The Morgan fingerprint density at radius 3 is 2.43 bits per heavy atom. The Morgan fingerprint density at radius 1 is 1.19 bits per heavy atom. The number of rotatable bonds is 5. The van der Waals surface area contributed by atoms with Crippen LogP contribution in [0.25, 0.3) is 0 Å². The van der Waals surface area contributed by atoms with E-state index in [-0.39, 0.29) is 16.6 Å². The van der Waals surface area contributed by atoms with Gasteiger partial charge in [-0.1, -0.05) is 49.7 Å². The molecule has 0 bridgehead atoms. The number of aromatic nitrogens is 1. The Morgan fingerprint density at radius 2 is 1.86 bits per heavy atom. The van der Waals surface area contributed by atoms with Crippen LogP contribution in [-0.4, -0.2) is 13.4 Å². The van der Waals surface area contributed by atoms with Gasteiger partial charge in [0, 0.05) is 12.7 Å². The van der Waals surface area contributed by atoms with E-state index in [4.69, 9.17) is 11.6 Å². The summed E-state index contributed by atoms with van der Waals surface area (Å²) in [5.74, 6) is 0.449. The van der Waals surface area contributed by atoms with Crippen LogP contribution < -0.4 is 4.72 Å². The van der Waals surface area contributed by atoms with Crippen molar-refractivity contribution >= 4 is 21.6 Å². The van der Waals surface area contributed by atoms with Crippen LogP contribution in [0.3, 0.4) is 0 Å². The average Bonchev–Trinajstić information content (AvgIpc) is 2.46. The van der Waals surface area contributed by atoms with Crippen molar-refractivity contribution in [3.05, 3.63) is 58.9 Å². The van der Waals surface area contributed by atoms with E-state index in [1.54, 1.807) is 0 Å². The molecule has 2 rings (SSSR count). The first-order valence-electron chi connectivity index (χ1n) is 6.59. The van der Waals surface area contributed by atoms with Gasteiger partial charge in [-0.25, -0.2) is 18.1 Å². The van der Waals surface area contributed by atoms with Crippen molar-refractivity contribution in [2.75, 3.05) is 0 Å². The third-order valence-electron chi connectivity index (χ3n) is 3.13. The lowest BCUT2D eigenvalue weighted by Gasteiger charge is -2.09. The van der Waals surface area contributed by atoms with Crippen molar-refractivity contribution in [3.8, 4) is 0 Å². The van der Waals surface area contributed by atoms with E-state index < -0.39 is 10.0 Å². The topological polar surface area (TPSA) is 59.1 Å². The number of hydrogen-bond donors (Lipinski definition) is 1. The van der Waals surface area contributed by atoms with Gasteiger partial charge in [-0.2, -0.15) is 0 Å². The molecule has 0 saturated carbocycles. The van der Waals surface area contributed by atoms with E-state index in [1.807, 2.05) is 24.3 Å². The zero-order valence-electron chi connectivity index (χ0n) is 11.9. The second-order valence-corrected chi connectivity index (χ2v) is 7.11. The van der Waals surface area contributed by atoms with Crippen molar-refractivity contribution < 1.29 is 8.42 Å². The SMILES string of the molecule is CC(C)c1ccc(CNS(=O)(=O)c2cccnc2Cl)cc1. The molecule has 2 aromatic rings. The van der Waals surface area contributed by atoms with Gasteiger partial charge in [0.15, 0.2) is 0 Å². The lowest BCUT2D eigenvalue weighted by Crippen LogP contribution is -2.23. The molecule has 0 spiro atoms. The summed E-state index contributed by atoms with van der Waals surface area (Å²) in [6, 6.07) is 10.8. The van der Waals surface area contributed by atoms with Gasteiger partial charge < -0.3 is 0 Å². The van der Waals surface area contributed by atoms with E-state index in [0.29, 0.717) is 5.92 Å². The van der Waals surface area contributed by atoms with E-state index in [2.05, 4.69) is 23.6 Å².